The number of rotatable bonds is 9. The van der Waals surface area contributed by atoms with Crippen molar-refractivity contribution in [3.8, 4) is 0 Å². The van der Waals surface area contributed by atoms with Gasteiger partial charge in [-0.2, -0.15) is 0 Å². The first-order valence-corrected chi connectivity index (χ1v) is 11.2. The molecule has 0 unspecified atom stereocenters. The number of nitrogens with one attached hydrogen (secondary N) is 2. The van der Waals surface area contributed by atoms with E-state index in [1.54, 1.807) is 18.2 Å². The van der Waals surface area contributed by atoms with Gasteiger partial charge in [0.25, 0.3) is 5.91 Å². The van der Waals surface area contributed by atoms with Crippen molar-refractivity contribution in [3.63, 3.8) is 0 Å². The first-order chi connectivity index (χ1) is 15.5. The summed E-state index contributed by atoms with van der Waals surface area (Å²) in [6.45, 7) is 0.567. The van der Waals surface area contributed by atoms with Crippen LogP contribution in [0.2, 0.25) is 0 Å². The molecule has 2 aromatic carbocycles. The Morgan fingerprint density at radius 1 is 0.969 bits per heavy atom. The second kappa shape index (κ2) is 9.65. The van der Waals surface area contributed by atoms with Crippen LogP contribution in [0, 0.1) is 5.92 Å². The Hall–Kier alpha value is -3.65. The summed E-state index contributed by atoms with van der Waals surface area (Å²) in [5, 5.41) is 6.41. The lowest BCUT2D eigenvalue weighted by atomic mass is 10.2. The van der Waals surface area contributed by atoms with Crippen LogP contribution in [0.5, 0.6) is 0 Å². The Kier molecular flexibility index (Phi) is 6.51. The zero-order valence-electron chi connectivity index (χ0n) is 17.4. The molecule has 0 aliphatic heterocycles. The fourth-order valence-corrected chi connectivity index (χ4v) is 4.10. The third-order valence-corrected chi connectivity index (χ3v) is 6.06. The van der Waals surface area contributed by atoms with Gasteiger partial charge < -0.3 is 21.3 Å². The quantitative estimate of drug-likeness (QED) is 0.463. The molecule has 1 fully saturated rings. The van der Waals surface area contributed by atoms with E-state index >= 15 is 0 Å². The highest BCUT2D eigenvalue weighted by Crippen LogP contribution is 2.32. The zero-order valence-corrected chi connectivity index (χ0v) is 18.2. The van der Waals surface area contributed by atoms with Crippen molar-refractivity contribution in [2.75, 3.05) is 22.1 Å². The van der Waals surface area contributed by atoms with Crippen LogP contribution in [0.1, 0.15) is 28.1 Å². The van der Waals surface area contributed by atoms with E-state index in [9.17, 15) is 14.4 Å². The Morgan fingerprint density at radius 3 is 2.47 bits per heavy atom. The van der Waals surface area contributed by atoms with Gasteiger partial charge in [-0.15, -0.1) is 11.3 Å². The third-order valence-electron chi connectivity index (χ3n) is 5.06. The van der Waals surface area contributed by atoms with Crippen molar-refractivity contribution in [2.45, 2.75) is 19.4 Å². The second-order valence-electron chi connectivity index (χ2n) is 7.74. The van der Waals surface area contributed by atoms with Crippen LogP contribution in [-0.4, -0.2) is 24.3 Å². The molecule has 1 saturated carbocycles. The fraction of sp³-hybridized carbons (Fsp3) is 0.208. The maximum atomic E-state index is 12.7. The first kappa shape index (κ1) is 21.6. The molecule has 8 heteroatoms. The summed E-state index contributed by atoms with van der Waals surface area (Å²) in [6, 6.07) is 20.5. The van der Waals surface area contributed by atoms with Crippen LogP contribution in [0.4, 0.5) is 16.4 Å². The lowest BCUT2D eigenvalue weighted by molar-refractivity contribution is -0.117. The molecule has 164 valence electrons. The number of benzene rings is 2. The fourth-order valence-electron chi connectivity index (χ4n) is 3.30. The van der Waals surface area contributed by atoms with Gasteiger partial charge in [0.05, 0.1) is 16.4 Å². The normalized spacial score (nSPS) is 12.8. The van der Waals surface area contributed by atoms with E-state index in [1.807, 2.05) is 53.4 Å². The van der Waals surface area contributed by atoms with Crippen LogP contribution in [0.15, 0.2) is 66.7 Å². The number of primary amides is 1. The highest BCUT2D eigenvalue weighted by atomic mass is 32.1. The average Bonchev–Trinajstić information content (AvgIpc) is 3.53. The van der Waals surface area contributed by atoms with Gasteiger partial charge in [-0.3, -0.25) is 14.4 Å². The lowest BCUT2D eigenvalue weighted by Gasteiger charge is -2.24. The number of anilines is 3. The van der Waals surface area contributed by atoms with Gasteiger partial charge >= 0.3 is 0 Å². The molecule has 1 aliphatic carbocycles. The van der Waals surface area contributed by atoms with Gasteiger partial charge in [0, 0.05) is 23.8 Å². The molecule has 3 aromatic rings. The predicted molar refractivity (Wildman–Crippen MR) is 127 cm³/mol. The zero-order chi connectivity index (χ0) is 22.5. The molecule has 0 radical (unpaired) electrons. The molecule has 0 atom stereocenters. The highest BCUT2D eigenvalue weighted by molar-refractivity contribution is 7.18. The molecule has 3 amide bonds. The van der Waals surface area contributed by atoms with Gasteiger partial charge in [0.1, 0.15) is 0 Å². The average molecular weight is 449 g/mol. The highest BCUT2D eigenvalue weighted by Gasteiger charge is 2.29. The first-order valence-electron chi connectivity index (χ1n) is 10.4. The molecule has 1 aromatic heterocycles. The lowest BCUT2D eigenvalue weighted by Crippen LogP contribution is -2.33. The Balaban J connectivity index is 1.45. The molecule has 0 saturated heterocycles. The van der Waals surface area contributed by atoms with Crippen molar-refractivity contribution >= 4 is 45.4 Å². The van der Waals surface area contributed by atoms with E-state index in [-0.39, 0.29) is 24.3 Å². The smallest absolute Gasteiger partial charge is 0.265 e. The molecule has 0 bridgehead atoms. The van der Waals surface area contributed by atoms with Crippen molar-refractivity contribution in [1.82, 2.24) is 0 Å². The summed E-state index contributed by atoms with van der Waals surface area (Å²) in [5.74, 6) is -0.575. The minimum absolute atomic E-state index is 0.0134. The number of hydrogen-bond donors (Lipinski definition) is 3. The maximum absolute atomic E-state index is 12.7. The van der Waals surface area contributed by atoms with Crippen LogP contribution in [0.3, 0.4) is 0 Å². The molecular formula is C24H24N4O3S. The number of carbonyl (C=O) groups is 3. The van der Waals surface area contributed by atoms with Gasteiger partial charge in [0.15, 0.2) is 0 Å². The summed E-state index contributed by atoms with van der Waals surface area (Å²) in [7, 11) is 0. The maximum Gasteiger partial charge on any atom is 0.265 e. The summed E-state index contributed by atoms with van der Waals surface area (Å²) in [4.78, 5) is 38.6. The van der Waals surface area contributed by atoms with Gasteiger partial charge in [-0.25, -0.2) is 0 Å². The van der Waals surface area contributed by atoms with Crippen LogP contribution in [-0.2, 0) is 16.1 Å². The standard InChI is InChI=1S/C24H24N4O3S/c25-21(29)15-28(14-16-5-2-1-3-6-16)19-8-4-7-18(13-19)26-24(31)20-11-12-22(32-20)27-23(30)17-9-10-17/h1-8,11-13,17H,9-10,14-15H2,(H2,25,29)(H,26,31)(H,27,30). The van der Waals surface area contributed by atoms with Crippen molar-refractivity contribution in [2.24, 2.45) is 11.7 Å². The minimum atomic E-state index is -0.435. The topological polar surface area (TPSA) is 105 Å². The van der Waals surface area contributed by atoms with Crippen LogP contribution in [0.25, 0.3) is 0 Å². The number of hydrogen-bond acceptors (Lipinski definition) is 5. The molecule has 4 rings (SSSR count). The van der Waals surface area contributed by atoms with E-state index in [4.69, 9.17) is 5.73 Å². The van der Waals surface area contributed by atoms with Gasteiger partial charge in [-0.05, 0) is 48.7 Å². The van der Waals surface area contributed by atoms with Crippen LogP contribution < -0.4 is 21.3 Å². The van der Waals surface area contributed by atoms with E-state index < -0.39 is 5.91 Å². The monoisotopic (exact) mass is 448 g/mol. The van der Waals surface area contributed by atoms with Crippen molar-refractivity contribution in [3.05, 3.63) is 77.2 Å². The molecular weight excluding hydrogens is 424 g/mol. The van der Waals surface area contributed by atoms with Gasteiger partial charge in [0.2, 0.25) is 11.8 Å². The molecule has 1 aliphatic rings. The number of nitrogens with zero attached hydrogens (tertiary/aromatic N) is 1. The largest absolute Gasteiger partial charge is 0.368 e. The molecule has 4 N–H and O–H groups in total. The van der Waals surface area contributed by atoms with Gasteiger partial charge in [-0.1, -0.05) is 36.4 Å². The molecule has 0 spiro atoms. The number of nitrogens with two attached hydrogens (primary N) is 1. The van der Waals surface area contributed by atoms with E-state index in [0.29, 0.717) is 22.1 Å². The molecule has 1 heterocycles. The van der Waals surface area contributed by atoms with E-state index in [0.717, 1.165) is 24.1 Å². The predicted octanol–water partition coefficient (Wildman–Crippen LogP) is 3.84. The Bertz CT molecular complexity index is 1130. The van der Waals surface area contributed by atoms with E-state index in [2.05, 4.69) is 10.6 Å². The Labute approximate surface area is 190 Å². The summed E-state index contributed by atoms with van der Waals surface area (Å²) >= 11 is 1.24. The van der Waals surface area contributed by atoms with Crippen LogP contribution >= 0.6 is 11.3 Å². The summed E-state index contributed by atoms with van der Waals surface area (Å²) in [6.07, 6.45) is 1.86. The summed E-state index contributed by atoms with van der Waals surface area (Å²) in [5.41, 5.74) is 7.88. The third kappa shape index (κ3) is 5.73. The minimum Gasteiger partial charge on any atom is -0.368 e. The molecule has 7 nitrogen and oxygen atoms in total. The SMILES string of the molecule is NC(=O)CN(Cc1ccccc1)c1cccc(NC(=O)c2ccc(NC(=O)C3CC3)s2)c1. The number of carbonyl (C=O) groups excluding carboxylic acids is 3. The van der Waals surface area contributed by atoms with E-state index in [1.165, 1.54) is 11.3 Å². The Morgan fingerprint density at radius 2 is 1.75 bits per heavy atom. The number of thiophene rings is 1. The second-order valence-corrected chi connectivity index (χ2v) is 8.82. The van der Waals surface area contributed by atoms with Crippen molar-refractivity contribution in [1.29, 1.82) is 0 Å². The van der Waals surface area contributed by atoms with Crippen molar-refractivity contribution < 1.29 is 14.4 Å². The number of amides is 3. The summed E-state index contributed by atoms with van der Waals surface area (Å²) < 4.78 is 0. The molecule has 32 heavy (non-hydrogen) atoms.